The number of rotatable bonds is 8. The highest BCUT2D eigenvalue weighted by Gasteiger charge is 2.18. The lowest BCUT2D eigenvalue weighted by Gasteiger charge is -2.05. The van der Waals surface area contributed by atoms with Crippen LogP contribution in [0.15, 0.2) is 18.2 Å². The van der Waals surface area contributed by atoms with Crippen molar-refractivity contribution in [2.45, 2.75) is 39.0 Å². The largest absolute Gasteiger partial charge is 0.465 e. The van der Waals surface area contributed by atoms with E-state index in [1.807, 2.05) is 0 Å². The quantitative estimate of drug-likeness (QED) is 0.319. The van der Waals surface area contributed by atoms with Gasteiger partial charge >= 0.3 is 5.97 Å². The van der Waals surface area contributed by atoms with Crippen molar-refractivity contribution in [1.29, 1.82) is 0 Å². The minimum atomic E-state index is -0.478. The summed E-state index contributed by atoms with van der Waals surface area (Å²) >= 11 is 0. The van der Waals surface area contributed by atoms with Crippen molar-refractivity contribution >= 4 is 11.8 Å². The van der Waals surface area contributed by atoms with Crippen LogP contribution in [0.5, 0.6) is 11.5 Å². The lowest BCUT2D eigenvalue weighted by molar-refractivity contribution is -0.142. The molecule has 5 nitrogen and oxygen atoms in total. The first kappa shape index (κ1) is 15.4. The molecule has 2 rings (SSSR count). The third-order valence-corrected chi connectivity index (χ3v) is 3.26. The first-order valence-corrected chi connectivity index (χ1v) is 7.29. The molecule has 0 saturated heterocycles. The number of carbonyl (C=O) groups excluding carboxylic acids is 2. The number of benzene rings is 1. The molecule has 0 saturated carbocycles. The Morgan fingerprint density at radius 1 is 1.14 bits per heavy atom. The smallest absolute Gasteiger partial charge is 0.313 e. The standard InChI is InChI=1S/C16H20O5/c1-2-3-4-5-8-19-16(18)10-13(17)12-6-7-14-15(9-12)21-11-20-14/h6-7,9H,2-5,8,10-11H2,1H3. The van der Waals surface area contributed by atoms with E-state index in [0.29, 0.717) is 23.7 Å². The molecular weight excluding hydrogens is 272 g/mol. The van der Waals surface area contributed by atoms with E-state index in [9.17, 15) is 9.59 Å². The van der Waals surface area contributed by atoms with Gasteiger partial charge in [-0.3, -0.25) is 9.59 Å². The number of fused-ring (bicyclic) bond motifs is 1. The number of carbonyl (C=O) groups is 2. The van der Waals surface area contributed by atoms with Crippen molar-refractivity contribution in [2.75, 3.05) is 13.4 Å². The molecule has 0 aromatic heterocycles. The molecule has 0 bridgehead atoms. The van der Waals surface area contributed by atoms with Crippen molar-refractivity contribution in [3.63, 3.8) is 0 Å². The summed E-state index contributed by atoms with van der Waals surface area (Å²) in [7, 11) is 0. The second-order valence-corrected chi connectivity index (χ2v) is 4.95. The molecule has 5 heteroatoms. The first-order chi connectivity index (χ1) is 10.2. The summed E-state index contributed by atoms with van der Waals surface area (Å²) in [6.45, 7) is 2.66. The number of Topliss-reactive ketones (excluding diaryl/α,β-unsaturated/α-hetero) is 1. The van der Waals surface area contributed by atoms with Crippen molar-refractivity contribution in [1.82, 2.24) is 0 Å². The van der Waals surface area contributed by atoms with Gasteiger partial charge in [0.25, 0.3) is 0 Å². The van der Waals surface area contributed by atoms with E-state index in [-0.39, 0.29) is 19.0 Å². The lowest BCUT2D eigenvalue weighted by atomic mass is 10.1. The molecule has 21 heavy (non-hydrogen) atoms. The summed E-state index contributed by atoms with van der Waals surface area (Å²) in [5.41, 5.74) is 0.433. The van der Waals surface area contributed by atoms with Crippen molar-refractivity contribution in [3.05, 3.63) is 23.8 Å². The average Bonchev–Trinajstić information content (AvgIpc) is 2.94. The van der Waals surface area contributed by atoms with E-state index >= 15 is 0 Å². The maximum Gasteiger partial charge on any atom is 0.313 e. The topological polar surface area (TPSA) is 61.8 Å². The molecule has 1 aliphatic rings. The minimum Gasteiger partial charge on any atom is -0.465 e. The van der Waals surface area contributed by atoms with Crippen LogP contribution >= 0.6 is 0 Å². The molecule has 1 aromatic rings. The molecule has 0 fully saturated rings. The number of unbranched alkanes of at least 4 members (excludes halogenated alkanes) is 3. The van der Waals surface area contributed by atoms with Gasteiger partial charge in [0.1, 0.15) is 6.42 Å². The molecule has 0 amide bonds. The average molecular weight is 292 g/mol. The van der Waals surface area contributed by atoms with Crippen LogP contribution in [0.3, 0.4) is 0 Å². The van der Waals surface area contributed by atoms with E-state index in [0.717, 1.165) is 25.7 Å². The van der Waals surface area contributed by atoms with E-state index in [1.165, 1.54) is 0 Å². The van der Waals surface area contributed by atoms with Crippen LogP contribution in [-0.4, -0.2) is 25.2 Å². The Labute approximate surface area is 124 Å². The van der Waals surface area contributed by atoms with Crippen molar-refractivity contribution in [3.8, 4) is 11.5 Å². The van der Waals surface area contributed by atoms with Crippen LogP contribution in [0.1, 0.15) is 49.4 Å². The molecule has 114 valence electrons. The van der Waals surface area contributed by atoms with Crippen LogP contribution < -0.4 is 9.47 Å². The van der Waals surface area contributed by atoms with Gasteiger partial charge in [-0.05, 0) is 24.6 Å². The van der Waals surface area contributed by atoms with Gasteiger partial charge in [-0.2, -0.15) is 0 Å². The zero-order chi connectivity index (χ0) is 15.1. The zero-order valence-corrected chi connectivity index (χ0v) is 12.2. The number of hydrogen-bond donors (Lipinski definition) is 0. The van der Waals surface area contributed by atoms with E-state index < -0.39 is 5.97 Å². The van der Waals surface area contributed by atoms with Gasteiger partial charge in [-0.25, -0.2) is 0 Å². The molecular formula is C16H20O5. The molecule has 1 aliphatic heterocycles. The Hall–Kier alpha value is -2.04. The van der Waals surface area contributed by atoms with Crippen LogP contribution in [-0.2, 0) is 9.53 Å². The number of ether oxygens (including phenoxy) is 3. The highest BCUT2D eigenvalue weighted by atomic mass is 16.7. The van der Waals surface area contributed by atoms with Crippen LogP contribution in [0, 0.1) is 0 Å². The van der Waals surface area contributed by atoms with Gasteiger partial charge in [0.2, 0.25) is 6.79 Å². The Kier molecular flexibility index (Phi) is 5.60. The maximum atomic E-state index is 12.0. The Morgan fingerprint density at radius 2 is 1.95 bits per heavy atom. The summed E-state index contributed by atoms with van der Waals surface area (Å²) in [6, 6.07) is 4.90. The Morgan fingerprint density at radius 3 is 2.76 bits per heavy atom. The molecule has 1 aromatic carbocycles. The Bertz CT molecular complexity index is 509. The molecule has 1 heterocycles. The highest BCUT2D eigenvalue weighted by Crippen LogP contribution is 2.32. The molecule has 0 aliphatic carbocycles. The second kappa shape index (κ2) is 7.67. The van der Waals surface area contributed by atoms with Gasteiger partial charge in [0.15, 0.2) is 17.3 Å². The summed E-state index contributed by atoms with van der Waals surface area (Å²) in [5.74, 6) is 0.403. The van der Waals surface area contributed by atoms with Gasteiger partial charge in [-0.15, -0.1) is 0 Å². The number of esters is 1. The minimum absolute atomic E-state index is 0.160. The summed E-state index contributed by atoms with van der Waals surface area (Å²) < 4.78 is 15.4. The van der Waals surface area contributed by atoms with Crippen molar-refractivity contribution < 1.29 is 23.8 Å². The van der Waals surface area contributed by atoms with Crippen molar-refractivity contribution in [2.24, 2.45) is 0 Å². The predicted octanol–water partition coefficient (Wildman–Crippen LogP) is 3.11. The van der Waals surface area contributed by atoms with Gasteiger partial charge in [-0.1, -0.05) is 26.2 Å². The third kappa shape index (κ3) is 4.48. The van der Waals surface area contributed by atoms with Crippen LogP contribution in [0.4, 0.5) is 0 Å². The second-order valence-electron chi connectivity index (χ2n) is 4.95. The monoisotopic (exact) mass is 292 g/mol. The fourth-order valence-corrected chi connectivity index (χ4v) is 2.07. The highest BCUT2D eigenvalue weighted by molar-refractivity contribution is 6.06. The molecule has 0 unspecified atom stereocenters. The molecule has 0 atom stereocenters. The van der Waals surface area contributed by atoms with E-state index in [1.54, 1.807) is 18.2 Å². The summed E-state index contributed by atoms with van der Waals surface area (Å²) in [6.07, 6.45) is 3.91. The van der Waals surface area contributed by atoms with Gasteiger partial charge < -0.3 is 14.2 Å². The maximum absolute atomic E-state index is 12.0. The van der Waals surface area contributed by atoms with E-state index in [4.69, 9.17) is 14.2 Å². The predicted molar refractivity (Wildman–Crippen MR) is 76.6 cm³/mol. The molecule has 0 N–H and O–H groups in total. The van der Waals surface area contributed by atoms with Gasteiger partial charge in [0, 0.05) is 5.56 Å². The summed E-state index contributed by atoms with van der Waals surface area (Å²) in [5, 5.41) is 0. The summed E-state index contributed by atoms with van der Waals surface area (Å²) in [4.78, 5) is 23.6. The molecule has 0 spiro atoms. The zero-order valence-electron chi connectivity index (χ0n) is 12.2. The molecule has 0 radical (unpaired) electrons. The number of hydrogen-bond acceptors (Lipinski definition) is 5. The number of ketones is 1. The van der Waals surface area contributed by atoms with Crippen LogP contribution in [0.25, 0.3) is 0 Å². The fourth-order valence-electron chi connectivity index (χ4n) is 2.07. The van der Waals surface area contributed by atoms with Crippen LogP contribution in [0.2, 0.25) is 0 Å². The Balaban J connectivity index is 1.77. The lowest BCUT2D eigenvalue weighted by Crippen LogP contribution is -2.12. The SMILES string of the molecule is CCCCCCOC(=O)CC(=O)c1ccc2c(c1)OCO2. The third-order valence-electron chi connectivity index (χ3n) is 3.26. The fraction of sp³-hybridized carbons (Fsp3) is 0.500. The normalized spacial score (nSPS) is 12.2. The van der Waals surface area contributed by atoms with Gasteiger partial charge in [0.05, 0.1) is 6.61 Å². The van der Waals surface area contributed by atoms with E-state index in [2.05, 4.69) is 6.92 Å². The first-order valence-electron chi connectivity index (χ1n) is 7.29.